The molecule has 0 bridgehead atoms. The summed E-state index contributed by atoms with van der Waals surface area (Å²) in [6.45, 7) is 4.63. The van der Waals surface area contributed by atoms with Crippen LogP contribution in [0.3, 0.4) is 0 Å². The first-order chi connectivity index (χ1) is 17.9. The maximum atomic E-state index is 13.5. The largest absolute Gasteiger partial charge is 0.507 e. The molecular formula is C29H27NO7. The Balaban J connectivity index is 1.69. The zero-order valence-corrected chi connectivity index (χ0v) is 20.8. The zero-order chi connectivity index (χ0) is 26.1. The second kappa shape index (κ2) is 9.89. The SMILES string of the molecule is COc1cccc(N2C(=O)C(=O)/C(=C(\O)c3ccc4c(c3)OCCO4)C2c2cccc(OC(C)C)c2)c1. The van der Waals surface area contributed by atoms with Crippen LogP contribution in [0.2, 0.25) is 0 Å². The fourth-order valence-electron chi connectivity index (χ4n) is 4.55. The van der Waals surface area contributed by atoms with Gasteiger partial charge >= 0.3 is 0 Å². The maximum Gasteiger partial charge on any atom is 0.300 e. The van der Waals surface area contributed by atoms with Crippen LogP contribution in [-0.2, 0) is 9.59 Å². The quantitative estimate of drug-likeness (QED) is 0.292. The molecule has 0 radical (unpaired) electrons. The van der Waals surface area contributed by atoms with Gasteiger partial charge in [0, 0.05) is 17.3 Å². The van der Waals surface area contributed by atoms with E-state index in [1.807, 2.05) is 19.9 Å². The minimum Gasteiger partial charge on any atom is -0.507 e. The van der Waals surface area contributed by atoms with Crippen molar-refractivity contribution in [1.29, 1.82) is 0 Å². The minimum absolute atomic E-state index is 0.0359. The molecule has 190 valence electrons. The first-order valence-corrected chi connectivity index (χ1v) is 12.0. The number of fused-ring (bicyclic) bond motifs is 1. The molecule has 2 aliphatic heterocycles. The van der Waals surface area contributed by atoms with E-state index in [0.717, 1.165) is 0 Å². The molecule has 0 aromatic heterocycles. The molecule has 1 atom stereocenters. The molecular weight excluding hydrogens is 474 g/mol. The highest BCUT2D eigenvalue weighted by Crippen LogP contribution is 2.44. The number of carbonyl (C=O) groups is 2. The summed E-state index contributed by atoms with van der Waals surface area (Å²) >= 11 is 0. The number of carbonyl (C=O) groups excluding carboxylic acids is 2. The molecule has 1 N–H and O–H groups in total. The van der Waals surface area contributed by atoms with Gasteiger partial charge in [-0.2, -0.15) is 0 Å². The fraction of sp³-hybridized carbons (Fsp3) is 0.241. The van der Waals surface area contributed by atoms with E-state index in [2.05, 4.69) is 0 Å². The lowest BCUT2D eigenvalue weighted by molar-refractivity contribution is -0.132. The first-order valence-electron chi connectivity index (χ1n) is 12.0. The van der Waals surface area contributed by atoms with Crippen LogP contribution in [0, 0.1) is 0 Å². The van der Waals surface area contributed by atoms with Crippen molar-refractivity contribution in [2.75, 3.05) is 25.2 Å². The lowest BCUT2D eigenvalue weighted by atomic mass is 9.94. The Hall–Kier alpha value is -4.46. The van der Waals surface area contributed by atoms with E-state index in [1.165, 1.54) is 12.0 Å². The van der Waals surface area contributed by atoms with Gasteiger partial charge in [-0.3, -0.25) is 14.5 Å². The summed E-state index contributed by atoms with van der Waals surface area (Å²) in [4.78, 5) is 28.3. The van der Waals surface area contributed by atoms with Crippen molar-refractivity contribution in [2.24, 2.45) is 0 Å². The van der Waals surface area contributed by atoms with E-state index >= 15 is 0 Å². The Labute approximate surface area is 214 Å². The molecule has 1 fully saturated rings. The molecule has 2 heterocycles. The van der Waals surface area contributed by atoms with Gasteiger partial charge in [0.1, 0.15) is 30.5 Å². The van der Waals surface area contributed by atoms with Gasteiger partial charge in [-0.25, -0.2) is 0 Å². The van der Waals surface area contributed by atoms with Crippen LogP contribution in [0.25, 0.3) is 5.76 Å². The van der Waals surface area contributed by atoms with E-state index in [4.69, 9.17) is 18.9 Å². The van der Waals surface area contributed by atoms with E-state index in [9.17, 15) is 14.7 Å². The second-order valence-corrected chi connectivity index (χ2v) is 8.97. The van der Waals surface area contributed by atoms with Crippen molar-refractivity contribution >= 4 is 23.1 Å². The molecule has 2 aliphatic rings. The van der Waals surface area contributed by atoms with Crippen molar-refractivity contribution in [2.45, 2.75) is 26.0 Å². The second-order valence-electron chi connectivity index (χ2n) is 8.97. The van der Waals surface area contributed by atoms with Gasteiger partial charge < -0.3 is 24.1 Å². The van der Waals surface area contributed by atoms with Crippen LogP contribution in [-0.4, -0.2) is 43.2 Å². The molecule has 1 unspecified atom stereocenters. The lowest BCUT2D eigenvalue weighted by Crippen LogP contribution is -2.29. The highest BCUT2D eigenvalue weighted by Gasteiger charge is 2.47. The van der Waals surface area contributed by atoms with Crippen LogP contribution in [0.1, 0.15) is 31.0 Å². The van der Waals surface area contributed by atoms with E-state index in [-0.39, 0.29) is 17.4 Å². The third-order valence-electron chi connectivity index (χ3n) is 6.14. The number of amides is 1. The van der Waals surface area contributed by atoms with Gasteiger partial charge in [-0.15, -0.1) is 0 Å². The molecule has 37 heavy (non-hydrogen) atoms. The summed E-state index contributed by atoms with van der Waals surface area (Å²) in [5, 5.41) is 11.4. The number of Topliss-reactive ketones (excluding diaryl/α,β-unsaturated/α-hetero) is 1. The molecule has 1 amide bonds. The van der Waals surface area contributed by atoms with E-state index in [0.29, 0.717) is 53.0 Å². The molecule has 8 nitrogen and oxygen atoms in total. The number of hydrogen-bond acceptors (Lipinski definition) is 7. The summed E-state index contributed by atoms with van der Waals surface area (Å²) in [5.41, 5.74) is 1.38. The highest BCUT2D eigenvalue weighted by molar-refractivity contribution is 6.51. The third kappa shape index (κ3) is 4.58. The third-order valence-corrected chi connectivity index (χ3v) is 6.14. The van der Waals surface area contributed by atoms with Crippen molar-refractivity contribution in [3.63, 3.8) is 0 Å². The molecule has 0 spiro atoms. The Morgan fingerprint density at radius 3 is 2.43 bits per heavy atom. The van der Waals surface area contributed by atoms with Gasteiger partial charge in [0.2, 0.25) is 0 Å². The Bertz CT molecular complexity index is 1390. The molecule has 3 aromatic carbocycles. The normalized spacial score (nSPS) is 18.3. The van der Waals surface area contributed by atoms with Gasteiger partial charge in [0.05, 0.1) is 24.8 Å². The zero-order valence-electron chi connectivity index (χ0n) is 20.8. The number of methoxy groups -OCH3 is 1. The number of benzene rings is 3. The summed E-state index contributed by atoms with van der Waals surface area (Å²) < 4.78 is 22.4. The van der Waals surface area contributed by atoms with Gasteiger partial charge in [0.15, 0.2) is 11.5 Å². The van der Waals surface area contributed by atoms with Crippen LogP contribution in [0.4, 0.5) is 5.69 Å². The van der Waals surface area contributed by atoms with Crippen LogP contribution in [0.15, 0.2) is 72.3 Å². The number of nitrogens with zero attached hydrogens (tertiary/aromatic N) is 1. The highest BCUT2D eigenvalue weighted by atomic mass is 16.6. The summed E-state index contributed by atoms with van der Waals surface area (Å²) in [7, 11) is 1.53. The average molecular weight is 502 g/mol. The monoisotopic (exact) mass is 501 g/mol. The molecule has 8 heteroatoms. The molecule has 1 saturated heterocycles. The van der Waals surface area contributed by atoms with Crippen LogP contribution < -0.4 is 23.8 Å². The lowest BCUT2D eigenvalue weighted by Gasteiger charge is -2.26. The first kappa shape index (κ1) is 24.2. The maximum absolute atomic E-state index is 13.5. The van der Waals surface area contributed by atoms with Crippen molar-refractivity contribution < 1.29 is 33.6 Å². The standard InChI is InChI=1S/C29H27NO7/c1-17(2)37-22-9-4-6-18(14-22)26-25(27(31)19-10-11-23-24(15-19)36-13-12-35-23)28(32)29(33)30(26)20-7-5-8-21(16-20)34-3/h4-11,14-17,26,31H,12-13H2,1-3H3/b27-25-. The summed E-state index contributed by atoms with van der Waals surface area (Å²) in [6, 6.07) is 18.1. The number of hydrogen-bond donors (Lipinski definition) is 1. The summed E-state index contributed by atoms with van der Waals surface area (Å²) in [5.74, 6) is 0.268. The van der Waals surface area contributed by atoms with Gasteiger partial charge in [0.25, 0.3) is 11.7 Å². The molecule has 5 rings (SSSR count). The van der Waals surface area contributed by atoms with E-state index in [1.54, 1.807) is 60.7 Å². The number of rotatable bonds is 6. The smallest absolute Gasteiger partial charge is 0.300 e. The predicted octanol–water partition coefficient (Wildman–Crippen LogP) is 4.88. The fourth-order valence-corrected chi connectivity index (χ4v) is 4.55. The summed E-state index contributed by atoms with van der Waals surface area (Å²) in [6.07, 6.45) is -0.0716. The van der Waals surface area contributed by atoms with Gasteiger partial charge in [-0.05, 0) is 61.9 Å². The number of anilines is 1. The van der Waals surface area contributed by atoms with Crippen molar-refractivity contribution in [3.8, 4) is 23.0 Å². The Kier molecular flexibility index (Phi) is 6.48. The van der Waals surface area contributed by atoms with Crippen LogP contribution >= 0.6 is 0 Å². The predicted molar refractivity (Wildman–Crippen MR) is 137 cm³/mol. The van der Waals surface area contributed by atoms with Crippen molar-refractivity contribution in [1.82, 2.24) is 0 Å². The molecule has 0 saturated carbocycles. The number of ether oxygens (including phenoxy) is 4. The number of aliphatic hydroxyl groups is 1. The Morgan fingerprint density at radius 1 is 0.946 bits per heavy atom. The molecule has 3 aromatic rings. The minimum atomic E-state index is -0.906. The average Bonchev–Trinajstić information content (AvgIpc) is 3.18. The van der Waals surface area contributed by atoms with E-state index < -0.39 is 17.7 Å². The number of ketones is 1. The van der Waals surface area contributed by atoms with Gasteiger partial charge in [-0.1, -0.05) is 18.2 Å². The van der Waals surface area contributed by atoms with Crippen molar-refractivity contribution in [3.05, 3.63) is 83.4 Å². The molecule has 0 aliphatic carbocycles. The topological polar surface area (TPSA) is 94.5 Å². The van der Waals surface area contributed by atoms with Crippen LogP contribution in [0.5, 0.6) is 23.0 Å². The Morgan fingerprint density at radius 2 is 1.68 bits per heavy atom. The number of aliphatic hydroxyl groups excluding tert-OH is 1.